The fourth-order valence-electron chi connectivity index (χ4n) is 1.85. The van der Waals surface area contributed by atoms with Crippen LogP contribution in [0.15, 0.2) is 0 Å². The third-order valence-electron chi connectivity index (χ3n) is 2.79. The number of nitrogens with one attached hydrogen (secondary N) is 2. The van der Waals surface area contributed by atoms with Crippen molar-refractivity contribution in [3.63, 3.8) is 0 Å². The van der Waals surface area contributed by atoms with Crippen molar-refractivity contribution in [2.24, 2.45) is 17.1 Å². The van der Waals surface area contributed by atoms with E-state index in [-0.39, 0.29) is 29.6 Å². The molecular formula is C14H29N3O3. The molecule has 0 aromatic heterocycles. The maximum Gasteiger partial charge on any atom is 0.224 e. The first-order chi connectivity index (χ1) is 9.30. The minimum Gasteiger partial charge on any atom is -0.383 e. The van der Waals surface area contributed by atoms with Crippen molar-refractivity contribution in [1.82, 2.24) is 10.6 Å². The number of carbonyl (C=O) groups excluding carboxylic acids is 2. The molecule has 0 saturated heterocycles. The van der Waals surface area contributed by atoms with Crippen LogP contribution in [0.2, 0.25) is 0 Å². The van der Waals surface area contributed by atoms with Crippen LogP contribution in [0, 0.1) is 11.3 Å². The van der Waals surface area contributed by atoms with E-state index in [0.29, 0.717) is 26.2 Å². The van der Waals surface area contributed by atoms with E-state index < -0.39 is 0 Å². The van der Waals surface area contributed by atoms with Gasteiger partial charge in [0, 0.05) is 33.2 Å². The molecule has 0 heterocycles. The lowest BCUT2D eigenvalue weighted by Crippen LogP contribution is -2.39. The second-order valence-corrected chi connectivity index (χ2v) is 6.08. The van der Waals surface area contributed by atoms with Gasteiger partial charge in [0.1, 0.15) is 0 Å². The number of ether oxygens (including phenoxy) is 1. The molecule has 0 aromatic carbocycles. The summed E-state index contributed by atoms with van der Waals surface area (Å²) >= 11 is 0. The third kappa shape index (κ3) is 9.75. The average Bonchev–Trinajstić information content (AvgIpc) is 2.35. The van der Waals surface area contributed by atoms with Gasteiger partial charge in [0.2, 0.25) is 11.8 Å². The first-order valence-electron chi connectivity index (χ1n) is 7.03. The molecule has 0 radical (unpaired) electrons. The van der Waals surface area contributed by atoms with Gasteiger partial charge in [-0.15, -0.1) is 0 Å². The van der Waals surface area contributed by atoms with E-state index in [9.17, 15) is 9.59 Å². The van der Waals surface area contributed by atoms with Gasteiger partial charge >= 0.3 is 0 Å². The molecular weight excluding hydrogens is 258 g/mol. The average molecular weight is 287 g/mol. The van der Waals surface area contributed by atoms with Crippen LogP contribution in [0.4, 0.5) is 0 Å². The van der Waals surface area contributed by atoms with Gasteiger partial charge in [-0.1, -0.05) is 20.8 Å². The summed E-state index contributed by atoms with van der Waals surface area (Å²) < 4.78 is 4.83. The van der Waals surface area contributed by atoms with E-state index in [1.165, 1.54) is 0 Å². The molecule has 4 N–H and O–H groups in total. The minimum atomic E-state index is -0.202. The van der Waals surface area contributed by atoms with Crippen LogP contribution in [0.25, 0.3) is 0 Å². The van der Waals surface area contributed by atoms with Gasteiger partial charge in [0.15, 0.2) is 0 Å². The summed E-state index contributed by atoms with van der Waals surface area (Å²) in [6, 6.07) is 0. The molecule has 20 heavy (non-hydrogen) atoms. The van der Waals surface area contributed by atoms with E-state index in [0.717, 1.165) is 6.42 Å². The Labute approximate surface area is 121 Å². The smallest absolute Gasteiger partial charge is 0.224 e. The molecule has 0 aliphatic heterocycles. The Bertz CT molecular complexity index is 301. The molecule has 1 unspecified atom stereocenters. The van der Waals surface area contributed by atoms with E-state index in [4.69, 9.17) is 10.5 Å². The first-order valence-corrected chi connectivity index (χ1v) is 7.03. The molecule has 2 amide bonds. The molecule has 6 heteroatoms. The van der Waals surface area contributed by atoms with E-state index >= 15 is 0 Å². The lowest BCUT2D eigenvalue weighted by molar-refractivity contribution is -0.126. The summed E-state index contributed by atoms with van der Waals surface area (Å²) in [5.41, 5.74) is 5.69. The molecule has 6 nitrogen and oxygen atoms in total. The number of nitrogens with two attached hydrogens (primary N) is 1. The Balaban J connectivity index is 3.93. The Morgan fingerprint density at radius 3 is 2.35 bits per heavy atom. The van der Waals surface area contributed by atoms with E-state index in [2.05, 4.69) is 31.4 Å². The zero-order chi connectivity index (χ0) is 15.6. The highest BCUT2D eigenvalue weighted by atomic mass is 16.5. The Morgan fingerprint density at radius 1 is 1.20 bits per heavy atom. The topological polar surface area (TPSA) is 93.5 Å². The van der Waals surface area contributed by atoms with Crippen molar-refractivity contribution in [3.05, 3.63) is 0 Å². The Kier molecular flexibility index (Phi) is 9.16. The largest absolute Gasteiger partial charge is 0.383 e. The van der Waals surface area contributed by atoms with Crippen LogP contribution < -0.4 is 16.4 Å². The van der Waals surface area contributed by atoms with Gasteiger partial charge in [-0.05, 0) is 11.8 Å². The van der Waals surface area contributed by atoms with Gasteiger partial charge in [0.05, 0.1) is 12.5 Å². The number of rotatable bonds is 9. The molecule has 0 saturated carbocycles. The highest BCUT2D eigenvalue weighted by molar-refractivity contribution is 5.80. The predicted molar refractivity (Wildman–Crippen MR) is 79.1 cm³/mol. The number of carbonyl (C=O) groups is 2. The minimum absolute atomic E-state index is 0.0545. The summed E-state index contributed by atoms with van der Waals surface area (Å²) in [5, 5.41) is 5.47. The summed E-state index contributed by atoms with van der Waals surface area (Å²) in [5.74, 6) is -0.374. The third-order valence-corrected chi connectivity index (χ3v) is 2.79. The van der Waals surface area contributed by atoms with Crippen molar-refractivity contribution in [3.8, 4) is 0 Å². The maximum absolute atomic E-state index is 12.0. The van der Waals surface area contributed by atoms with Crippen molar-refractivity contribution >= 4 is 11.8 Å². The standard InChI is InChI=1S/C14H29N3O3/c1-14(2,3)9-11(10-15)13(19)17-6-5-12(18)16-7-8-20-4/h11H,5-10,15H2,1-4H3,(H,16,18)(H,17,19). The Hall–Kier alpha value is -1.14. The molecule has 0 spiro atoms. The number of hydrogen-bond donors (Lipinski definition) is 3. The predicted octanol–water partition coefficient (Wildman–Crippen LogP) is 0.266. The lowest BCUT2D eigenvalue weighted by Gasteiger charge is -2.24. The highest BCUT2D eigenvalue weighted by Gasteiger charge is 2.23. The van der Waals surface area contributed by atoms with Gasteiger partial charge < -0.3 is 21.1 Å². The van der Waals surface area contributed by atoms with Crippen LogP contribution in [-0.2, 0) is 14.3 Å². The molecule has 118 valence electrons. The molecule has 1 atom stereocenters. The first kappa shape index (κ1) is 18.9. The SMILES string of the molecule is COCCNC(=O)CCNC(=O)C(CN)CC(C)(C)C. The molecule has 0 aliphatic rings. The van der Waals surface area contributed by atoms with Crippen molar-refractivity contribution in [2.75, 3.05) is 33.4 Å². The van der Waals surface area contributed by atoms with Crippen LogP contribution in [0.5, 0.6) is 0 Å². The summed E-state index contributed by atoms with van der Waals surface area (Å²) in [6.45, 7) is 7.85. The van der Waals surface area contributed by atoms with Crippen LogP contribution in [0.3, 0.4) is 0 Å². The quantitative estimate of drug-likeness (QED) is 0.531. The van der Waals surface area contributed by atoms with Crippen molar-refractivity contribution < 1.29 is 14.3 Å². The summed E-state index contributed by atoms with van der Waals surface area (Å²) in [7, 11) is 1.58. The van der Waals surface area contributed by atoms with Crippen LogP contribution in [0.1, 0.15) is 33.6 Å². The van der Waals surface area contributed by atoms with Gasteiger partial charge in [-0.2, -0.15) is 0 Å². The van der Waals surface area contributed by atoms with Crippen molar-refractivity contribution in [1.29, 1.82) is 0 Å². The fraction of sp³-hybridized carbons (Fsp3) is 0.857. The van der Waals surface area contributed by atoms with Gasteiger partial charge in [-0.3, -0.25) is 9.59 Å². The van der Waals surface area contributed by atoms with Crippen molar-refractivity contribution in [2.45, 2.75) is 33.6 Å². The maximum atomic E-state index is 12.0. The molecule has 0 fully saturated rings. The zero-order valence-electron chi connectivity index (χ0n) is 13.1. The highest BCUT2D eigenvalue weighted by Crippen LogP contribution is 2.23. The fourth-order valence-corrected chi connectivity index (χ4v) is 1.85. The number of hydrogen-bond acceptors (Lipinski definition) is 4. The van der Waals surface area contributed by atoms with E-state index in [1.54, 1.807) is 7.11 Å². The van der Waals surface area contributed by atoms with Gasteiger partial charge in [0.25, 0.3) is 0 Å². The number of methoxy groups -OCH3 is 1. The molecule has 0 aromatic rings. The second kappa shape index (κ2) is 9.72. The Morgan fingerprint density at radius 2 is 1.85 bits per heavy atom. The van der Waals surface area contributed by atoms with E-state index in [1.807, 2.05) is 0 Å². The lowest BCUT2D eigenvalue weighted by atomic mass is 9.84. The molecule has 0 bridgehead atoms. The van der Waals surface area contributed by atoms with Crippen LogP contribution in [-0.4, -0.2) is 45.2 Å². The summed E-state index contributed by atoms with van der Waals surface area (Å²) in [6.07, 6.45) is 0.998. The van der Waals surface area contributed by atoms with Gasteiger partial charge in [-0.25, -0.2) is 0 Å². The summed E-state index contributed by atoms with van der Waals surface area (Å²) in [4.78, 5) is 23.4. The molecule has 0 aliphatic carbocycles. The normalized spacial score (nSPS) is 12.8. The zero-order valence-corrected chi connectivity index (χ0v) is 13.1. The van der Waals surface area contributed by atoms with Crippen LogP contribution >= 0.6 is 0 Å². The molecule has 0 rings (SSSR count). The second-order valence-electron chi connectivity index (χ2n) is 6.08. The number of amides is 2. The monoisotopic (exact) mass is 287 g/mol.